The van der Waals surface area contributed by atoms with Gasteiger partial charge in [0.1, 0.15) is 70.3 Å². The van der Waals surface area contributed by atoms with E-state index in [-0.39, 0.29) is 170 Å². The number of carbonyl (C=O) groups is 10. The lowest BCUT2D eigenvalue weighted by Crippen LogP contribution is -2.56. The monoisotopic (exact) mass is 2100 g/mol. The van der Waals surface area contributed by atoms with Crippen molar-refractivity contribution in [3.63, 3.8) is 0 Å². The maximum Gasteiger partial charge on any atom is 0.408 e. The van der Waals surface area contributed by atoms with Crippen molar-refractivity contribution >= 4 is 181 Å². The number of likely N-dealkylation sites (N-methyl/N-ethyl adjacent to an activating group) is 1. The fourth-order valence-corrected chi connectivity index (χ4v) is 17.6. The summed E-state index contributed by atoms with van der Waals surface area (Å²) in [6.45, 7) is 5.14. The Morgan fingerprint density at radius 3 is 0.943 bits per heavy atom. The van der Waals surface area contributed by atoms with E-state index < -0.39 is 89.8 Å². The SMILES string of the molecule is CC(C)(C)OC(=O)N[C@H]1Cc2cccc(c2)Oc2cccc(c2)C[C@@H](C(=O)O)NC(=O)[C@H](CCc2ccccc2)NC1=O.CN[C@H]1Cc2cccc(c2)Oc2cccc(c2)C[C@@H](C(=O)CC2CCCC2)NC(=O)[C@H](CCc2ccccc2)NC1=O.NC1CCCC1.N[C@H]1Cc2cccc(c2)Oc2cccc(c2)C[C@@H](C(=O)CC2CCCC2)NC(=O)[C@H](CCc2ccccc2)NC1=O.S.S.S.S.S.S.S.S.S. The number of ether oxygens (including phenoxy) is 4. The van der Waals surface area contributed by atoms with E-state index in [0.717, 1.165) is 90.3 Å². The van der Waals surface area contributed by atoms with Gasteiger partial charge in [0.05, 0.1) is 24.2 Å². The maximum absolute atomic E-state index is 13.9. The van der Waals surface area contributed by atoms with Crippen LogP contribution >= 0.6 is 121 Å². The lowest BCUT2D eigenvalue weighted by molar-refractivity contribution is -0.142. The number of hydrogen-bond acceptors (Lipinski definition) is 17. The molecule has 0 aromatic heterocycles. The fourth-order valence-electron chi connectivity index (χ4n) is 17.6. The molecule has 9 aromatic rings. The average Bonchev–Trinajstić information content (AvgIpc) is 1.30. The largest absolute Gasteiger partial charge is 0.480 e. The van der Waals surface area contributed by atoms with Gasteiger partial charge < -0.3 is 78.1 Å². The number of ketones is 2. The van der Waals surface area contributed by atoms with Crippen molar-refractivity contribution in [1.29, 1.82) is 0 Å². The first-order valence-electron chi connectivity index (χ1n) is 46.7. The minimum Gasteiger partial charge on any atom is -0.480 e. The van der Waals surface area contributed by atoms with Gasteiger partial charge in [-0.15, -0.1) is 0 Å². The molecule has 13 N–H and O–H groups in total. The zero-order valence-corrected chi connectivity index (χ0v) is 89.6. The first-order valence-corrected chi connectivity index (χ1v) is 46.7. The van der Waals surface area contributed by atoms with Gasteiger partial charge in [-0.05, 0) is 240 Å². The summed E-state index contributed by atoms with van der Waals surface area (Å²) in [4.78, 5) is 134. The fraction of sp³-hybridized carbons (Fsp3) is 0.402. The highest BCUT2D eigenvalue weighted by Gasteiger charge is 2.36. The molecule has 15 rings (SSSR count). The van der Waals surface area contributed by atoms with Crippen LogP contribution in [0.4, 0.5) is 4.79 Å². The van der Waals surface area contributed by atoms with E-state index in [9.17, 15) is 53.1 Å². The zero-order valence-electron chi connectivity index (χ0n) is 80.6. The number of alkyl carbamates (subject to hydrolysis) is 1. The van der Waals surface area contributed by atoms with Crippen molar-refractivity contribution in [2.75, 3.05) is 7.05 Å². The molecule has 7 amide bonds. The molecule has 6 aliphatic rings. The lowest BCUT2D eigenvalue weighted by Gasteiger charge is -2.26. The van der Waals surface area contributed by atoms with Crippen molar-refractivity contribution in [2.24, 2.45) is 23.3 Å². The molecule has 3 aliphatic carbocycles. The summed E-state index contributed by atoms with van der Waals surface area (Å²) in [5.74, 6) is 0.540. The van der Waals surface area contributed by atoms with Gasteiger partial charge in [0.25, 0.3) is 0 Å². The molecule has 768 valence electrons. The van der Waals surface area contributed by atoms with Crippen LogP contribution in [0.15, 0.2) is 237 Å². The summed E-state index contributed by atoms with van der Waals surface area (Å²) in [7, 11) is 1.74. The summed E-state index contributed by atoms with van der Waals surface area (Å²) < 4.78 is 23.7. The Kier molecular flexibility index (Phi) is 57.1. The number of fused-ring (bicyclic) bond motifs is 12. The molecule has 141 heavy (non-hydrogen) atoms. The normalized spacial score (nSPS) is 19.8. The van der Waals surface area contributed by atoms with Crippen LogP contribution in [0.5, 0.6) is 34.5 Å². The highest BCUT2D eigenvalue weighted by molar-refractivity contribution is 7.60. The van der Waals surface area contributed by atoms with E-state index >= 15 is 0 Å². The number of carboxylic acids is 1. The molecule has 9 aromatic carbocycles. The Morgan fingerprint density at radius 2 is 0.638 bits per heavy atom. The van der Waals surface area contributed by atoms with E-state index in [4.69, 9.17) is 30.4 Å². The molecule has 9 atom stereocenters. The van der Waals surface area contributed by atoms with Crippen LogP contribution in [-0.4, -0.2) is 137 Å². The lowest BCUT2D eigenvalue weighted by atomic mass is 9.93. The van der Waals surface area contributed by atoms with E-state index in [2.05, 4.69) is 42.5 Å². The minimum absolute atomic E-state index is 0. The minimum atomic E-state index is -1.26. The highest BCUT2D eigenvalue weighted by Crippen LogP contribution is 2.33. The summed E-state index contributed by atoms with van der Waals surface area (Å²) in [5, 5.41) is 33.1. The molecular formula is C107H146N10O15S9. The van der Waals surface area contributed by atoms with Gasteiger partial charge in [0, 0.05) is 31.7 Å². The van der Waals surface area contributed by atoms with Crippen LogP contribution in [0.25, 0.3) is 0 Å². The van der Waals surface area contributed by atoms with Crippen molar-refractivity contribution in [2.45, 2.75) is 254 Å². The Balaban J connectivity index is 0.000000511. The molecule has 3 heterocycles. The maximum atomic E-state index is 13.9. The number of aryl methyl sites for hydroxylation is 3. The molecule has 25 nitrogen and oxygen atoms in total. The number of carboxylic acid groups (broad SMARTS) is 1. The van der Waals surface area contributed by atoms with E-state index in [0.29, 0.717) is 134 Å². The van der Waals surface area contributed by atoms with Crippen molar-refractivity contribution in [1.82, 2.24) is 42.5 Å². The third-order valence-electron chi connectivity index (χ3n) is 24.7. The van der Waals surface area contributed by atoms with Crippen LogP contribution in [0.3, 0.4) is 0 Å². The zero-order chi connectivity index (χ0) is 93.3. The van der Waals surface area contributed by atoms with Crippen LogP contribution in [0, 0.1) is 11.8 Å². The number of amides is 7. The van der Waals surface area contributed by atoms with Crippen LogP contribution in [0.2, 0.25) is 0 Å². The molecule has 0 spiro atoms. The topological polar surface area (TPSA) is 376 Å². The van der Waals surface area contributed by atoms with Gasteiger partial charge >= 0.3 is 12.1 Å². The highest BCUT2D eigenvalue weighted by atomic mass is 32.1. The number of carbonyl (C=O) groups excluding carboxylic acids is 9. The van der Waals surface area contributed by atoms with Crippen LogP contribution in [0.1, 0.15) is 180 Å². The predicted octanol–water partition coefficient (Wildman–Crippen LogP) is 15.6. The second-order valence-electron chi connectivity index (χ2n) is 36.5. The van der Waals surface area contributed by atoms with E-state index in [1.54, 1.807) is 76.3 Å². The number of hydrogen-bond donors (Lipinski definition) is 11. The van der Waals surface area contributed by atoms with Gasteiger partial charge in [-0.25, -0.2) is 9.59 Å². The molecule has 3 fully saturated rings. The number of rotatable bonds is 18. The smallest absolute Gasteiger partial charge is 0.408 e. The van der Waals surface area contributed by atoms with Crippen LogP contribution in [-0.2, 0) is 106 Å². The second-order valence-corrected chi connectivity index (χ2v) is 36.5. The van der Waals surface area contributed by atoms with Gasteiger partial charge in [-0.2, -0.15) is 121 Å². The first-order chi connectivity index (χ1) is 63.7. The standard InChI is InChI=1S/C35H41N3O4.C34H39N3O4.C33H37N3O7.C5H11N.9H2S/c1-36-32-22-27-14-8-16-29(20-27)42-28-15-7-13-26(19-28)21-31(33(39)23-25-11-5-6-12-25)38-34(40)30(37-35(32)41)18-17-24-9-3-2-4-10-24;35-29-20-25-12-6-14-27(18-25)41-28-15-7-13-26(19-28)21-31(32(38)22-24-10-4-5-11-24)37-34(40)30(36-33(29)39)17-16-23-8-2-1-3-9-23;1-33(2,3)43-32(41)36-27-19-22-11-7-13-24(17-22)42-25-14-8-12-23(18-25)20-28(31(39)40)35-29(37)26(34-30(27)38)16-15-21-9-5-4-6-10-21;6-5-3-1-2-4-5;;;;;;;;;/h2-4,7-10,13-16,19-20,25,30-32,36H,5-6,11-12,17-18,21-23H2,1H3,(H,37,41)(H,38,40);1-3,6-9,12-15,18-19,24,29-31H,4-5,10-11,16-17,20-22,35H2,(H,36,39)(H,37,40);4-14,17-18,26-28H,15-16,19-20H2,1-3H3,(H,34,38)(H,35,37)(H,36,41)(H,39,40);5H,1-4,6H2;9*1H2/t30-,31-,32-;29-,30-,31-;26-,27-,28-;;;;;;;;;;/m000........../s1. The Bertz CT molecular complexity index is 5370. The number of nitrogens with one attached hydrogen (secondary N) is 8. The Morgan fingerprint density at radius 1 is 0.355 bits per heavy atom. The number of aliphatic carboxylic acids is 1. The Labute approximate surface area is 893 Å². The summed E-state index contributed by atoms with van der Waals surface area (Å²) in [6, 6.07) is 66.5. The van der Waals surface area contributed by atoms with E-state index in [1.807, 2.05) is 188 Å². The second kappa shape index (κ2) is 64.1. The number of Topliss-reactive ketones (excluding diaryl/α,β-unsaturated/α-hetero) is 2. The molecule has 0 unspecified atom stereocenters. The summed E-state index contributed by atoms with van der Waals surface area (Å²) >= 11 is 0. The van der Waals surface area contributed by atoms with Crippen LogP contribution < -0.4 is 68.2 Å². The molecule has 0 radical (unpaired) electrons. The molecular weight excluding hydrogens is 1950 g/mol. The quantitative estimate of drug-likeness (QED) is 0.0380. The molecule has 34 heteroatoms. The molecule has 3 saturated carbocycles. The van der Waals surface area contributed by atoms with E-state index in [1.165, 1.54) is 25.7 Å². The third kappa shape index (κ3) is 42.3. The number of nitrogens with two attached hydrogens (primary N) is 2. The molecule has 12 bridgehead atoms. The molecule has 3 aliphatic heterocycles. The van der Waals surface area contributed by atoms with Crippen molar-refractivity contribution in [3.8, 4) is 34.5 Å². The van der Waals surface area contributed by atoms with Gasteiger partial charge in [-0.1, -0.05) is 228 Å². The van der Waals surface area contributed by atoms with Gasteiger partial charge in [-0.3, -0.25) is 38.4 Å². The first kappa shape index (κ1) is 125. The van der Waals surface area contributed by atoms with Crippen molar-refractivity contribution in [3.05, 3.63) is 287 Å². The summed E-state index contributed by atoms with van der Waals surface area (Å²) in [5.41, 5.74) is 19.1. The van der Waals surface area contributed by atoms with Gasteiger partial charge in [0.2, 0.25) is 35.4 Å². The van der Waals surface area contributed by atoms with Gasteiger partial charge in [0.15, 0.2) is 11.6 Å². The Hall–Kier alpha value is -9.69. The molecule has 0 saturated heterocycles. The number of benzene rings is 9. The summed E-state index contributed by atoms with van der Waals surface area (Å²) in [6.07, 6.45) is 18.3. The van der Waals surface area contributed by atoms with Crippen molar-refractivity contribution < 1.29 is 72.0 Å². The predicted molar refractivity (Wildman–Crippen MR) is 602 cm³/mol. The third-order valence-corrected chi connectivity index (χ3v) is 24.7. The average molecular weight is 2100 g/mol.